The van der Waals surface area contributed by atoms with Crippen LogP contribution in [0.1, 0.15) is 28.8 Å². The summed E-state index contributed by atoms with van der Waals surface area (Å²) in [5.74, 6) is -0.0191. The number of benzene rings is 1. The maximum Gasteiger partial charge on any atom is 0.379 e. The Hall–Kier alpha value is -2.76. The second-order valence-corrected chi connectivity index (χ2v) is 5.16. The molecule has 0 aliphatic rings. The van der Waals surface area contributed by atoms with Crippen LogP contribution in [-0.4, -0.2) is 25.5 Å². The summed E-state index contributed by atoms with van der Waals surface area (Å²) >= 11 is 0. The number of hydrogen-bond donors (Lipinski definition) is 0. The van der Waals surface area contributed by atoms with Crippen LogP contribution in [0, 0.1) is 13.8 Å². The first-order valence-corrected chi connectivity index (χ1v) is 7.19. The average Bonchev–Trinajstić information content (AvgIpc) is 3.05. The highest BCUT2D eigenvalue weighted by Crippen LogP contribution is 2.41. The fourth-order valence-corrected chi connectivity index (χ4v) is 2.71. The van der Waals surface area contributed by atoms with E-state index in [1.54, 1.807) is 32.9 Å². The number of carbonyl (C=O) groups is 2. The Labute approximate surface area is 131 Å². The molecule has 3 rings (SSSR count). The number of Topliss-reactive ketones (excluding diaryl/α,β-unsaturated/α-hetero) is 1. The molecule has 1 aromatic carbocycles. The van der Waals surface area contributed by atoms with Gasteiger partial charge in [0.15, 0.2) is 11.3 Å². The van der Waals surface area contributed by atoms with E-state index >= 15 is 0 Å². The minimum absolute atomic E-state index is 0.120. The monoisotopic (exact) mass is 316 g/mol. The average molecular weight is 316 g/mol. The molecule has 0 aliphatic heterocycles. The van der Waals surface area contributed by atoms with E-state index in [0.29, 0.717) is 39.2 Å². The van der Waals surface area contributed by atoms with Gasteiger partial charge in [0.1, 0.15) is 17.1 Å². The Morgan fingerprint density at radius 1 is 1.04 bits per heavy atom. The Bertz CT molecular complexity index is 870. The molecule has 0 unspecified atom stereocenters. The van der Waals surface area contributed by atoms with E-state index in [4.69, 9.17) is 18.3 Å². The van der Waals surface area contributed by atoms with Crippen LogP contribution in [0.4, 0.5) is 0 Å². The standard InChI is InChI=1S/C17H16O6/c1-5-21-17(19)13(18)12-10-6-8(2)23-16(10)15(20-4)11-7-9(3)22-14(11)12/h6-7H,5H2,1-4H3. The number of furan rings is 2. The second kappa shape index (κ2) is 5.46. The molecule has 0 spiro atoms. The van der Waals surface area contributed by atoms with E-state index in [2.05, 4.69) is 0 Å². The molecule has 120 valence electrons. The largest absolute Gasteiger partial charge is 0.492 e. The van der Waals surface area contributed by atoms with Crippen molar-refractivity contribution in [3.63, 3.8) is 0 Å². The highest BCUT2D eigenvalue weighted by molar-refractivity contribution is 6.45. The van der Waals surface area contributed by atoms with Crippen LogP contribution in [-0.2, 0) is 9.53 Å². The number of carbonyl (C=O) groups excluding carboxylic acids is 2. The molecular formula is C17H16O6. The minimum atomic E-state index is -0.923. The van der Waals surface area contributed by atoms with E-state index in [-0.39, 0.29) is 12.2 Å². The van der Waals surface area contributed by atoms with Crippen LogP contribution >= 0.6 is 0 Å². The van der Waals surface area contributed by atoms with Crippen LogP contribution in [0.25, 0.3) is 21.9 Å². The zero-order valence-electron chi connectivity index (χ0n) is 13.3. The number of ketones is 1. The Morgan fingerprint density at radius 2 is 1.65 bits per heavy atom. The number of aryl methyl sites for hydroxylation is 2. The smallest absolute Gasteiger partial charge is 0.379 e. The zero-order chi connectivity index (χ0) is 16.7. The number of esters is 1. The SMILES string of the molecule is CCOC(=O)C(=O)c1c2cc(C)oc2c(OC)c2cc(C)oc12. The van der Waals surface area contributed by atoms with E-state index in [0.717, 1.165) is 0 Å². The predicted molar refractivity (Wildman–Crippen MR) is 83.0 cm³/mol. The highest BCUT2D eigenvalue weighted by atomic mass is 16.5. The van der Waals surface area contributed by atoms with Gasteiger partial charge in [0.2, 0.25) is 0 Å². The van der Waals surface area contributed by atoms with E-state index in [1.165, 1.54) is 7.11 Å². The Balaban J connectivity index is 2.42. The van der Waals surface area contributed by atoms with Crippen molar-refractivity contribution in [2.24, 2.45) is 0 Å². The van der Waals surface area contributed by atoms with Crippen molar-refractivity contribution in [1.82, 2.24) is 0 Å². The van der Waals surface area contributed by atoms with Crippen LogP contribution in [0.3, 0.4) is 0 Å². The maximum atomic E-state index is 12.6. The van der Waals surface area contributed by atoms with Crippen LogP contribution in [0.5, 0.6) is 5.75 Å². The van der Waals surface area contributed by atoms with E-state index < -0.39 is 11.8 Å². The maximum absolute atomic E-state index is 12.6. The lowest BCUT2D eigenvalue weighted by molar-refractivity contribution is -0.137. The molecule has 0 atom stereocenters. The summed E-state index contributed by atoms with van der Waals surface area (Å²) in [6.07, 6.45) is 0. The van der Waals surface area contributed by atoms with Crippen molar-refractivity contribution < 1.29 is 27.9 Å². The third kappa shape index (κ3) is 2.27. The summed E-state index contributed by atoms with van der Waals surface area (Å²) in [5.41, 5.74) is 0.843. The minimum Gasteiger partial charge on any atom is -0.492 e. The summed E-state index contributed by atoms with van der Waals surface area (Å²) in [6, 6.07) is 3.43. The molecule has 6 heteroatoms. The van der Waals surface area contributed by atoms with Crippen LogP contribution < -0.4 is 4.74 Å². The summed E-state index contributed by atoms with van der Waals surface area (Å²) in [6.45, 7) is 5.27. The van der Waals surface area contributed by atoms with Crippen LogP contribution in [0.2, 0.25) is 0 Å². The van der Waals surface area contributed by atoms with Crippen molar-refractivity contribution in [2.45, 2.75) is 20.8 Å². The lowest BCUT2D eigenvalue weighted by Crippen LogP contribution is -2.18. The summed E-state index contributed by atoms with van der Waals surface area (Å²) in [5, 5.41) is 1.05. The zero-order valence-corrected chi connectivity index (χ0v) is 13.3. The van der Waals surface area contributed by atoms with Crippen molar-refractivity contribution in [2.75, 3.05) is 13.7 Å². The molecule has 23 heavy (non-hydrogen) atoms. The number of fused-ring (bicyclic) bond motifs is 2. The second-order valence-electron chi connectivity index (χ2n) is 5.16. The topological polar surface area (TPSA) is 78.9 Å². The fourth-order valence-electron chi connectivity index (χ4n) is 2.71. The molecule has 0 fully saturated rings. The molecule has 2 aromatic heterocycles. The van der Waals surface area contributed by atoms with Gasteiger partial charge in [-0.2, -0.15) is 0 Å². The van der Waals surface area contributed by atoms with Crippen molar-refractivity contribution in [3.8, 4) is 5.75 Å². The van der Waals surface area contributed by atoms with E-state index in [1.807, 2.05) is 0 Å². The molecule has 0 N–H and O–H groups in total. The van der Waals surface area contributed by atoms with Gasteiger partial charge < -0.3 is 18.3 Å². The number of rotatable bonds is 4. The first-order valence-electron chi connectivity index (χ1n) is 7.19. The molecule has 0 amide bonds. The fraction of sp³-hybridized carbons (Fsp3) is 0.294. The summed E-state index contributed by atoms with van der Waals surface area (Å²) < 4.78 is 21.6. The first kappa shape index (κ1) is 15.1. The third-order valence-corrected chi connectivity index (χ3v) is 3.55. The summed E-state index contributed by atoms with van der Waals surface area (Å²) in [7, 11) is 1.52. The van der Waals surface area contributed by atoms with Crippen LogP contribution in [0.15, 0.2) is 21.0 Å². The summed E-state index contributed by atoms with van der Waals surface area (Å²) in [4.78, 5) is 24.5. The normalized spacial score (nSPS) is 11.1. The highest BCUT2D eigenvalue weighted by Gasteiger charge is 2.29. The van der Waals surface area contributed by atoms with E-state index in [9.17, 15) is 9.59 Å². The first-order chi connectivity index (χ1) is 11.0. The molecule has 3 aromatic rings. The van der Waals surface area contributed by atoms with Crippen molar-refractivity contribution in [1.29, 1.82) is 0 Å². The Kier molecular flexibility index (Phi) is 3.60. The molecule has 6 nitrogen and oxygen atoms in total. The molecule has 0 radical (unpaired) electrons. The van der Waals surface area contributed by atoms with Gasteiger partial charge in [0.25, 0.3) is 5.78 Å². The van der Waals surface area contributed by atoms with Gasteiger partial charge in [-0.25, -0.2) is 4.79 Å². The van der Waals surface area contributed by atoms with Gasteiger partial charge in [-0.3, -0.25) is 4.79 Å². The quantitative estimate of drug-likeness (QED) is 0.416. The number of hydrogen-bond acceptors (Lipinski definition) is 6. The molecule has 0 aliphatic carbocycles. The third-order valence-electron chi connectivity index (χ3n) is 3.55. The lowest BCUT2D eigenvalue weighted by Gasteiger charge is -2.07. The lowest BCUT2D eigenvalue weighted by atomic mass is 10.0. The predicted octanol–water partition coefficient (Wildman–Crippen LogP) is 3.55. The molecular weight excluding hydrogens is 300 g/mol. The van der Waals surface area contributed by atoms with Crippen molar-refractivity contribution in [3.05, 3.63) is 29.2 Å². The van der Waals surface area contributed by atoms with Gasteiger partial charge in [-0.05, 0) is 32.9 Å². The number of ether oxygens (including phenoxy) is 2. The van der Waals surface area contributed by atoms with Crippen molar-refractivity contribution >= 4 is 33.7 Å². The number of methoxy groups -OCH3 is 1. The molecule has 2 heterocycles. The van der Waals surface area contributed by atoms with Gasteiger partial charge in [-0.15, -0.1) is 0 Å². The van der Waals surface area contributed by atoms with Gasteiger partial charge >= 0.3 is 5.97 Å². The molecule has 0 saturated carbocycles. The molecule has 0 saturated heterocycles. The molecule has 0 bridgehead atoms. The van der Waals surface area contributed by atoms with Gasteiger partial charge in [0, 0.05) is 5.39 Å². The van der Waals surface area contributed by atoms with Gasteiger partial charge in [-0.1, -0.05) is 0 Å². The Morgan fingerprint density at radius 3 is 2.26 bits per heavy atom. The van der Waals surface area contributed by atoms with Gasteiger partial charge in [0.05, 0.1) is 24.7 Å².